The Hall–Kier alpha value is -1.08. The van der Waals surface area contributed by atoms with E-state index in [1.807, 2.05) is 0 Å². The molecule has 0 N–H and O–H groups in total. The van der Waals surface area contributed by atoms with Crippen LogP contribution in [0.15, 0.2) is 44.0 Å². The van der Waals surface area contributed by atoms with Gasteiger partial charge < -0.3 is 0 Å². The second-order valence-electron chi connectivity index (χ2n) is 13.0. The molecule has 1 aromatic carbocycles. The number of aromatic nitrogens is 2. The molecule has 0 aliphatic carbocycles. The van der Waals surface area contributed by atoms with Crippen LogP contribution in [0.5, 0.6) is 0 Å². The molecule has 0 amide bonds. The maximum atomic E-state index is 5.52. The van der Waals surface area contributed by atoms with Gasteiger partial charge >= 0.3 is 0 Å². The van der Waals surface area contributed by atoms with Crippen LogP contribution in [0.25, 0.3) is 31.9 Å². The molecular weight excluding hydrogens is 732 g/mol. The minimum atomic E-state index is 1.04. The van der Waals surface area contributed by atoms with Crippen LogP contribution in [0.1, 0.15) is 154 Å². The number of thiophene rings is 2. The average molecular weight is 789 g/mol. The fraction of sp³-hybridized carbons (Fsp3) is 0.600. The maximum absolute atomic E-state index is 5.52. The Morgan fingerprint density at radius 3 is 1.07 bits per heavy atom. The van der Waals surface area contributed by atoms with Gasteiger partial charge in [0.1, 0.15) is 0 Å². The largest absolute Gasteiger partial charge is 0.249 e. The van der Waals surface area contributed by atoms with Crippen LogP contribution in [0.3, 0.4) is 0 Å². The number of hydrogen-bond acceptors (Lipinski definition) is 4. The summed E-state index contributed by atoms with van der Waals surface area (Å²) in [6.45, 7) is 4.60. The molecule has 0 fully saturated rings. The minimum absolute atomic E-state index is 1.04. The standard InChI is InChI=1S/C40H56Br2N2S2/c1-3-5-7-9-11-13-15-17-19-21-23-33-34(24-22-20-18-16-14-12-10-8-6-4-2)44-40-32(36-28-30-38(42)46-36)26-25-31(39(40)43-33)35-27-29-37(41)45-35/h25-30H,3-24H2,1-2H3. The number of nitrogens with zero attached hydrogens (tertiary/aromatic N) is 2. The zero-order valence-corrected chi connectivity index (χ0v) is 33.3. The van der Waals surface area contributed by atoms with E-state index >= 15 is 0 Å². The van der Waals surface area contributed by atoms with Crippen molar-refractivity contribution in [1.29, 1.82) is 0 Å². The lowest BCUT2D eigenvalue weighted by Gasteiger charge is -2.14. The number of benzene rings is 1. The monoisotopic (exact) mass is 786 g/mol. The van der Waals surface area contributed by atoms with Gasteiger partial charge in [0.25, 0.3) is 0 Å². The first-order valence-electron chi connectivity index (χ1n) is 18.4. The Morgan fingerprint density at radius 2 is 0.761 bits per heavy atom. The van der Waals surface area contributed by atoms with E-state index in [0.29, 0.717) is 0 Å². The van der Waals surface area contributed by atoms with Gasteiger partial charge in [-0.3, -0.25) is 0 Å². The lowest BCUT2D eigenvalue weighted by atomic mass is 10.0. The van der Waals surface area contributed by atoms with E-state index in [-0.39, 0.29) is 0 Å². The highest BCUT2D eigenvalue weighted by Gasteiger charge is 2.18. The van der Waals surface area contributed by atoms with Gasteiger partial charge in [0.2, 0.25) is 0 Å². The molecule has 6 heteroatoms. The maximum Gasteiger partial charge on any atom is 0.0983 e. The number of rotatable bonds is 24. The zero-order chi connectivity index (χ0) is 32.4. The summed E-state index contributed by atoms with van der Waals surface area (Å²) < 4.78 is 2.30. The highest BCUT2D eigenvalue weighted by Crippen LogP contribution is 2.41. The topological polar surface area (TPSA) is 25.8 Å². The molecular formula is C40H56Br2N2S2. The summed E-state index contributed by atoms with van der Waals surface area (Å²) in [5.74, 6) is 0. The molecule has 4 rings (SSSR count). The van der Waals surface area contributed by atoms with Crippen LogP contribution in [0, 0.1) is 0 Å². The molecule has 0 spiro atoms. The first-order chi connectivity index (χ1) is 22.6. The Kier molecular flexibility index (Phi) is 17.9. The summed E-state index contributed by atoms with van der Waals surface area (Å²) in [6.07, 6.45) is 29.2. The molecule has 3 aromatic heterocycles. The lowest BCUT2D eigenvalue weighted by Crippen LogP contribution is -2.05. The van der Waals surface area contributed by atoms with Crippen molar-refractivity contribution < 1.29 is 0 Å². The molecule has 0 bridgehead atoms. The van der Waals surface area contributed by atoms with E-state index < -0.39 is 0 Å². The second kappa shape index (κ2) is 21.8. The highest BCUT2D eigenvalue weighted by atomic mass is 79.9. The molecule has 3 heterocycles. The lowest BCUT2D eigenvalue weighted by molar-refractivity contribution is 0.551. The van der Waals surface area contributed by atoms with E-state index in [9.17, 15) is 0 Å². The SMILES string of the molecule is CCCCCCCCCCCCc1nc2c(-c3ccc(Br)s3)ccc(-c3ccc(Br)s3)c2nc1CCCCCCCCCCCC. The number of halogens is 2. The summed E-state index contributed by atoms with van der Waals surface area (Å²) in [7, 11) is 0. The van der Waals surface area contributed by atoms with Crippen LogP contribution in [0.2, 0.25) is 0 Å². The third kappa shape index (κ3) is 12.4. The fourth-order valence-corrected chi connectivity index (χ4v) is 9.31. The minimum Gasteiger partial charge on any atom is -0.249 e. The van der Waals surface area contributed by atoms with Gasteiger partial charge in [-0.15, -0.1) is 22.7 Å². The predicted molar refractivity (Wildman–Crippen MR) is 213 cm³/mol. The number of hydrogen-bond donors (Lipinski definition) is 0. The molecule has 4 aromatic rings. The Balaban J connectivity index is 1.48. The third-order valence-corrected chi connectivity index (χ3v) is 12.5. The number of aryl methyl sites for hydroxylation is 2. The molecule has 0 atom stereocenters. The number of unbranched alkanes of at least 4 members (excludes halogenated alkanes) is 18. The molecule has 0 saturated heterocycles. The van der Waals surface area contributed by atoms with Crippen LogP contribution >= 0.6 is 54.5 Å². The van der Waals surface area contributed by atoms with Crippen molar-refractivity contribution in [3.63, 3.8) is 0 Å². The van der Waals surface area contributed by atoms with E-state index in [0.717, 1.165) is 31.4 Å². The first-order valence-corrected chi connectivity index (χ1v) is 21.7. The van der Waals surface area contributed by atoms with Gasteiger partial charge in [-0.25, -0.2) is 9.97 Å². The summed E-state index contributed by atoms with van der Waals surface area (Å²) in [5.41, 5.74) is 7.00. The van der Waals surface area contributed by atoms with Gasteiger partial charge in [0, 0.05) is 20.9 Å². The molecule has 0 aliphatic rings. The van der Waals surface area contributed by atoms with Crippen molar-refractivity contribution >= 4 is 65.6 Å². The van der Waals surface area contributed by atoms with E-state index in [4.69, 9.17) is 9.97 Å². The normalized spacial score (nSPS) is 11.7. The van der Waals surface area contributed by atoms with Crippen LogP contribution in [-0.4, -0.2) is 9.97 Å². The number of fused-ring (bicyclic) bond motifs is 1. The second-order valence-corrected chi connectivity index (χ2v) is 18.0. The Labute approximate surface area is 304 Å². The molecule has 0 radical (unpaired) electrons. The summed E-state index contributed by atoms with van der Waals surface area (Å²) >= 11 is 10.9. The highest BCUT2D eigenvalue weighted by molar-refractivity contribution is 9.11. The van der Waals surface area contributed by atoms with Crippen LogP contribution < -0.4 is 0 Å². The fourth-order valence-electron chi connectivity index (χ4n) is 6.48. The van der Waals surface area contributed by atoms with Crippen LogP contribution in [-0.2, 0) is 12.8 Å². The van der Waals surface area contributed by atoms with E-state index in [2.05, 4.69) is 82.1 Å². The van der Waals surface area contributed by atoms with Gasteiger partial charge in [-0.2, -0.15) is 0 Å². The first kappa shape index (κ1) is 37.7. The summed E-state index contributed by atoms with van der Waals surface area (Å²) in [5, 5.41) is 0. The van der Waals surface area contributed by atoms with Crippen molar-refractivity contribution in [1.82, 2.24) is 9.97 Å². The van der Waals surface area contributed by atoms with Crippen molar-refractivity contribution in [3.8, 4) is 20.9 Å². The van der Waals surface area contributed by atoms with Crippen molar-refractivity contribution in [3.05, 3.63) is 55.4 Å². The van der Waals surface area contributed by atoms with Crippen LogP contribution in [0.4, 0.5) is 0 Å². The van der Waals surface area contributed by atoms with Crippen molar-refractivity contribution in [2.45, 2.75) is 155 Å². The molecule has 252 valence electrons. The van der Waals surface area contributed by atoms with Gasteiger partial charge in [-0.1, -0.05) is 142 Å². The van der Waals surface area contributed by atoms with Crippen molar-refractivity contribution in [2.75, 3.05) is 0 Å². The Morgan fingerprint density at radius 1 is 0.435 bits per heavy atom. The molecule has 0 aliphatic heterocycles. The van der Waals surface area contributed by atoms with Gasteiger partial charge in [-0.05, 0) is 81.8 Å². The molecule has 2 nitrogen and oxygen atoms in total. The van der Waals surface area contributed by atoms with E-state index in [1.165, 1.54) is 161 Å². The average Bonchev–Trinajstić information content (AvgIpc) is 3.70. The zero-order valence-electron chi connectivity index (χ0n) is 28.5. The Bertz CT molecular complexity index is 1320. The van der Waals surface area contributed by atoms with Crippen molar-refractivity contribution in [2.24, 2.45) is 0 Å². The summed E-state index contributed by atoms with van der Waals surface area (Å²) in [6, 6.07) is 13.3. The quantitative estimate of drug-likeness (QED) is 0.0661. The molecule has 0 unspecified atom stereocenters. The summed E-state index contributed by atoms with van der Waals surface area (Å²) in [4.78, 5) is 13.5. The van der Waals surface area contributed by atoms with Gasteiger partial charge in [0.15, 0.2) is 0 Å². The van der Waals surface area contributed by atoms with Gasteiger partial charge in [0.05, 0.1) is 30.0 Å². The molecule has 46 heavy (non-hydrogen) atoms. The van der Waals surface area contributed by atoms with E-state index in [1.54, 1.807) is 22.7 Å². The third-order valence-electron chi connectivity index (χ3n) is 9.19. The smallest absolute Gasteiger partial charge is 0.0983 e. The predicted octanol–water partition coefficient (Wildman–Crippen LogP) is 15.5. The molecule has 0 saturated carbocycles.